The van der Waals surface area contributed by atoms with Crippen LogP contribution >= 0.6 is 0 Å². The number of fused-ring (bicyclic) bond motifs is 1. The number of carbonyl (C=O) groups excluding carboxylic acids is 1. The molecule has 7 nitrogen and oxygen atoms in total. The maximum absolute atomic E-state index is 12.4. The number of para-hydroxylation sites is 1. The van der Waals surface area contributed by atoms with Crippen molar-refractivity contribution in [3.05, 3.63) is 54.0 Å². The minimum absolute atomic E-state index is 0.309. The number of pyridine rings is 1. The fourth-order valence-electron chi connectivity index (χ4n) is 3.61. The molecular formula is C21H23N5O2. The van der Waals surface area contributed by atoms with Crippen LogP contribution in [0.25, 0.3) is 11.0 Å². The first-order valence-electron chi connectivity index (χ1n) is 9.52. The highest BCUT2D eigenvalue weighted by atomic mass is 16.5. The zero-order valence-electron chi connectivity index (χ0n) is 16.1. The molecule has 0 radical (unpaired) electrons. The molecule has 7 heteroatoms. The van der Waals surface area contributed by atoms with Gasteiger partial charge in [-0.05, 0) is 26.0 Å². The Bertz CT molecular complexity index is 985. The van der Waals surface area contributed by atoms with Crippen LogP contribution in [0.3, 0.4) is 0 Å². The van der Waals surface area contributed by atoms with Gasteiger partial charge in [-0.2, -0.15) is 0 Å². The molecule has 2 aromatic heterocycles. The highest BCUT2D eigenvalue weighted by Gasteiger charge is 2.25. The van der Waals surface area contributed by atoms with Crippen molar-refractivity contribution < 1.29 is 9.53 Å². The summed E-state index contributed by atoms with van der Waals surface area (Å²) in [6.07, 6.45) is 3.24. The Kier molecular flexibility index (Phi) is 5.06. The van der Waals surface area contributed by atoms with E-state index in [0.29, 0.717) is 28.9 Å². The third kappa shape index (κ3) is 3.35. The van der Waals surface area contributed by atoms with Gasteiger partial charge in [-0.15, -0.1) is 0 Å². The largest absolute Gasteiger partial charge is 0.462 e. The summed E-state index contributed by atoms with van der Waals surface area (Å²) < 4.78 is 5.20. The van der Waals surface area contributed by atoms with Crippen LogP contribution in [0.1, 0.15) is 23.0 Å². The van der Waals surface area contributed by atoms with Crippen molar-refractivity contribution in [1.82, 2.24) is 15.0 Å². The van der Waals surface area contributed by atoms with Crippen molar-refractivity contribution in [2.75, 3.05) is 42.6 Å². The van der Waals surface area contributed by atoms with Gasteiger partial charge in [0.05, 0.1) is 12.3 Å². The van der Waals surface area contributed by atoms with E-state index < -0.39 is 5.97 Å². The Morgan fingerprint density at radius 1 is 1.00 bits per heavy atom. The van der Waals surface area contributed by atoms with Gasteiger partial charge >= 0.3 is 5.97 Å². The summed E-state index contributed by atoms with van der Waals surface area (Å²) in [5, 5.41) is 0. The summed E-state index contributed by atoms with van der Waals surface area (Å²) in [5.74, 6) is 0.375. The number of rotatable bonds is 4. The second-order valence-electron chi connectivity index (χ2n) is 6.68. The summed E-state index contributed by atoms with van der Waals surface area (Å²) in [6.45, 7) is 7.36. The zero-order chi connectivity index (χ0) is 19.5. The molecule has 0 spiro atoms. The first-order chi connectivity index (χ1) is 13.7. The number of nitrogens with zero attached hydrogens (tertiary/aromatic N) is 5. The Morgan fingerprint density at radius 3 is 2.32 bits per heavy atom. The predicted octanol–water partition coefficient (Wildman–Crippen LogP) is 2.84. The molecule has 1 saturated heterocycles. The minimum atomic E-state index is -0.404. The maximum Gasteiger partial charge on any atom is 0.342 e. The van der Waals surface area contributed by atoms with Crippen LogP contribution in [0.4, 0.5) is 11.5 Å². The molecule has 3 heterocycles. The molecule has 4 rings (SSSR count). The van der Waals surface area contributed by atoms with Crippen LogP contribution in [0.2, 0.25) is 0 Å². The summed E-state index contributed by atoms with van der Waals surface area (Å²) in [6, 6.07) is 10.4. The van der Waals surface area contributed by atoms with Crippen molar-refractivity contribution in [3.63, 3.8) is 0 Å². The van der Waals surface area contributed by atoms with Gasteiger partial charge in [-0.1, -0.05) is 18.2 Å². The Labute approximate surface area is 164 Å². The Balaban J connectivity index is 1.65. The molecule has 1 fully saturated rings. The van der Waals surface area contributed by atoms with E-state index in [-0.39, 0.29) is 0 Å². The lowest BCUT2D eigenvalue weighted by Gasteiger charge is -2.37. The highest BCUT2D eigenvalue weighted by molar-refractivity contribution is 6.05. The summed E-state index contributed by atoms with van der Waals surface area (Å²) in [7, 11) is 0. The van der Waals surface area contributed by atoms with E-state index in [2.05, 4.69) is 44.0 Å². The molecule has 0 saturated carbocycles. The second-order valence-corrected chi connectivity index (χ2v) is 6.68. The molecule has 0 aliphatic carbocycles. The van der Waals surface area contributed by atoms with E-state index in [0.717, 1.165) is 32.0 Å². The first-order valence-corrected chi connectivity index (χ1v) is 9.52. The molecule has 0 atom stereocenters. The summed E-state index contributed by atoms with van der Waals surface area (Å²) in [5.41, 5.74) is 3.44. The number of hydrogen-bond acceptors (Lipinski definition) is 7. The standard InChI is InChI=1S/C21H23N5O2/c1-3-28-21(27)17-15(2)24-20(19-18(17)22-9-10-23-19)26-13-11-25(12-14-26)16-7-5-4-6-8-16/h4-10H,3,11-14H2,1-2H3. The van der Waals surface area contributed by atoms with Crippen LogP contribution < -0.4 is 9.80 Å². The quantitative estimate of drug-likeness (QED) is 0.648. The van der Waals surface area contributed by atoms with Crippen LogP contribution in [0.5, 0.6) is 0 Å². The van der Waals surface area contributed by atoms with Crippen LogP contribution in [-0.4, -0.2) is 53.7 Å². The fraction of sp³-hybridized carbons (Fsp3) is 0.333. The van der Waals surface area contributed by atoms with Crippen molar-refractivity contribution in [2.45, 2.75) is 13.8 Å². The lowest BCUT2D eigenvalue weighted by molar-refractivity contribution is 0.0527. The summed E-state index contributed by atoms with van der Waals surface area (Å²) in [4.78, 5) is 30.6. The number of aromatic nitrogens is 3. The highest BCUT2D eigenvalue weighted by Crippen LogP contribution is 2.28. The van der Waals surface area contributed by atoms with E-state index in [1.54, 1.807) is 19.3 Å². The van der Waals surface area contributed by atoms with Crippen molar-refractivity contribution in [1.29, 1.82) is 0 Å². The van der Waals surface area contributed by atoms with E-state index in [1.165, 1.54) is 5.69 Å². The predicted molar refractivity (Wildman–Crippen MR) is 109 cm³/mol. The average Bonchev–Trinajstić information content (AvgIpc) is 2.74. The number of benzene rings is 1. The molecule has 0 N–H and O–H groups in total. The van der Waals surface area contributed by atoms with E-state index in [4.69, 9.17) is 9.72 Å². The molecule has 144 valence electrons. The van der Waals surface area contributed by atoms with Crippen LogP contribution in [-0.2, 0) is 4.74 Å². The van der Waals surface area contributed by atoms with Gasteiger partial charge in [0.15, 0.2) is 5.82 Å². The van der Waals surface area contributed by atoms with Gasteiger partial charge in [0.1, 0.15) is 16.6 Å². The number of hydrogen-bond donors (Lipinski definition) is 0. The minimum Gasteiger partial charge on any atom is -0.462 e. The van der Waals surface area contributed by atoms with Crippen molar-refractivity contribution in [3.8, 4) is 0 Å². The molecular weight excluding hydrogens is 354 g/mol. The van der Waals surface area contributed by atoms with Gasteiger partial charge in [0, 0.05) is 44.3 Å². The number of anilines is 2. The lowest BCUT2D eigenvalue weighted by atomic mass is 10.1. The van der Waals surface area contributed by atoms with Crippen LogP contribution in [0.15, 0.2) is 42.7 Å². The molecule has 0 unspecified atom stereocenters. The number of piperazine rings is 1. The molecule has 0 amide bonds. The topological polar surface area (TPSA) is 71.5 Å². The number of carbonyl (C=O) groups is 1. The normalized spacial score (nSPS) is 14.4. The van der Waals surface area contributed by atoms with Gasteiger partial charge in [-0.3, -0.25) is 4.98 Å². The van der Waals surface area contributed by atoms with E-state index >= 15 is 0 Å². The zero-order valence-corrected chi connectivity index (χ0v) is 16.1. The Hall–Kier alpha value is -3.22. The van der Waals surface area contributed by atoms with E-state index in [1.807, 2.05) is 13.0 Å². The Morgan fingerprint density at radius 2 is 1.64 bits per heavy atom. The van der Waals surface area contributed by atoms with Gasteiger partial charge in [0.25, 0.3) is 0 Å². The second kappa shape index (κ2) is 7.80. The molecule has 3 aromatic rings. The first kappa shape index (κ1) is 18.2. The monoisotopic (exact) mass is 377 g/mol. The number of ether oxygens (including phenoxy) is 1. The maximum atomic E-state index is 12.4. The third-order valence-electron chi connectivity index (χ3n) is 4.96. The fourth-order valence-corrected chi connectivity index (χ4v) is 3.61. The van der Waals surface area contributed by atoms with Gasteiger partial charge < -0.3 is 14.5 Å². The number of esters is 1. The van der Waals surface area contributed by atoms with Crippen molar-refractivity contribution >= 4 is 28.5 Å². The SMILES string of the molecule is CCOC(=O)c1c(C)nc(N2CCN(c3ccccc3)CC2)c2nccnc12. The lowest BCUT2D eigenvalue weighted by Crippen LogP contribution is -2.47. The smallest absolute Gasteiger partial charge is 0.342 e. The third-order valence-corrected chi connectivity index (χ3v) is 4.96. The molecule has 1 aromatic carbocycles. The van der Waals surface area contributed by atoms with E-state index in [9.17, 15) is 4.79 Å². The van der Waals surface area contributed by atoms with Crippen molar-refractivity contribution in [2.24, 2.45) is 0 Å². The molecule has 1 aliphatic rings. The molecule has 28 heavy (non-hydrogen) atoms. The van der Waals surface area contributed by atoms with Gasteiger partial charge in [0.2, 0.25) is 0 Å². The summed E-state index contributed by atoms with van der Waals surface area (Å²) >= 11 is 0. The van der Waals surface area contributed by atoms with Crippen LogP contribution in [0, 0.1) is 6.92 Å². The number of aryl methyl sites for hydroxylation is 1. The average molecular weight is 377 g/mol. The molecule has 1 aliphatic heterocycles. The van der Waals surface area contributed by atoms with Gasteiger partial charge in [-0.25, -0.2) is 14.8 Å². The molecule has 0 bridgehead atoms.